The Morgan fingerprint density at radius 3 is 2.57 bits per heavy atom. The van der Waals surface area contributed by atoms with Crippen LogP contribution in [0.5, 0.6) is 0 Å². The third-order valence-corrected chi connectivity index (χ3v) is 3.47. The third kappa shape index (κ3) is 1.92. The lowest BCUT2D eigenvalue weighted by atomic mass is 9.91. The highest BCUT2D eigenvalue weighted by Gasteiger charge is 2.25. The number of rotatable bonds is 1. The number of fused-ring (bicyclic) bond motifs is 1. The van der Waals surface area contributed by atoms with E-state index in [0.717, 1.165) is 6.42 Å². The fraction of sp³-hybridized carbons (Fsp3) is 0.556. The molecule has 0 saturated carbocycles. The number of halogens is 3. The van der Waals surface area contributed by atoms with Gasteiger partial charge in [-0.25, -0.2) is 0 Å². The number of nitrogens with one attached hydrogen (secondary N) is 1. The van der Waals surface area contributed by atoms with Gasteiger partial charge >= 0.3 is 0 Å². The van der Waals surface area contributed by atoms with Crippen LogP contribution in [0.15, 0.2) is 0 Å². The molecule has 1 N–H and O–H groups in total. The first kappa shape index (κ1) is 11.9. The molecule has 1 nitrogen and oxygen atoms in total. The second-order valence-corrected chi connectivity index (χ2v) is 4.26. The van der Waals surface area contributed by atoms with Gasteiger partial charge in [0.15, 0.2) is 10.3 Å². The Morgan fingerprint density at radius 1 is 1.29 bits per heavy atom. The molecule has 1 heterocycles. The summed E-state index contributed by atoms with van der Waals surface area (Å²) < 4.78 is 26.2. The molecule has 0 bridgehead atoms. The summed E-state index contributed by atoms with van der Waals surface area (Å²) in [5.41, 5.74) is 1.20. The van der Waals surface area contributed by atoms with Gasteiger partial charge in [-0.1, -0.05) is 11.3 Å². The van der Waals surface area contributed by atoms with Crippen molar-refractivity contribution in [1.82, 2.24) is 5.32 Å². The predicted molar refractivity (Wildman–Crippen MR) is 56.4 cm³/mol. The Labute approximate surface area is 91.9 Å². The fourth-order valence-electron chi connectivity index (χ4n) is 1.81. The average Bonchev–Trinajstić information content (AvgIpc) is 2.42. The van der Waals surface area contributed by atoms with Crippen molar-refractivity contribution >= 4 is 23.7 Å². The molecular weight excluding hydrogens is 228 g/mol. The highest BCUT2D eigenvalue weighted by molar-refractivity contribution is 7.08. The second-order valence-electron chi connectivity index (χ2n) is 3.33. The zero-order valence-electron chi connectivity index (χ0n) is 7.77. The van der Waals surface area contributed by atoms with Crippen molar-refractivity contribution in [3.05, 3.63) is 21.4 Å². The maximum Gasteiger partial charge on any atom is 0.182 e. The summed E-state index contributed by atoms with van der Waals surface area (Å²) in [7, 11) is 1.86. The molecule has 1 unspecified atom stereocenters. The third-order valence-electron chi connectivity index (χ3n) is 2.62. The molecule has 1 aromatic rings. The lowest BCUT2D eigenvalue weighted by Crippen LogP contribution is -2.31. The lowest BCUT2D eigenvalue weighted by Gasteiger charge is -2.21. The van der Waals surface area contributed by atoms with Crippen LogP contribution in [0.3, 0.4) is 0 Å². The molecule has 5 heteroatoms. The average molecular weight is 240 g/mol. The summed E-state index contributed by atoms with van der Waals surface area (Å²) >= 11 is 0.636. The largest absolute Gasteiger partial charge is 0.317 e. The zero-order valence-corrected chi connectivity index (χ0v) is 9.40. The van der Waals surface area contributed by atoms with Crippen molar-refractivity contribution < 1.29 is 8.78 Å². The van der Waals surface area contributed by atoms with E-state index >= 15 is 0 Å². The zero-order chi connectivity index (χ0) is 9.42. The first-order chi connectivity index (χ1) is 6.22. The maximum absolute atomic E-state index is 13.2. The quantitative estimate of drug-likeness (QED) is 0.794. The van der Waals surface area contributed by atoms with E-state index in [2.05, 4.69) is 5.32 Å². The van der Waals surface area contributed by atoms with Gasteiger partial charge in [-0.2, -0.15) is 8.78 Å². The molecule has 0 saturated heterocycles. The van der Waals surface area contributed by atoms with Crippen molar-refractivity contribution in [3.8, 4) is 0 Å². The Kier molecular flexibility index (Phi) is 3.86. The Hall–Kier alpha value is -0.190. The minimum atomic E-state index is -0.340. The van der Waals surface area contributed by atoms with Crippen LogP contribution in [0.2, 0.25) is 0 Å². The van der Waals surface area contributed by atoms with Crippen LogP contribution < -0.4 is 5.32 Å². The SMILES string of the molecule is CNC1CCc2c(F)sc(F)c2C1.Cl. The van der Waals surface area contributed by atoms with Gasteiger partial charge in [0, 0.05) is 17.2 Å². The van der Waals surface area contributed by atoms with Crippen molar-refractivity contribution in [2.24, 2.45) is 0 Å². The lowest BCUT2D eigenvalue weighted by molar-refractivity contribution is 0.476. The van der Waals surface area contributed by atoms with E-state index in [4.69, 9.17) is 0 Å². The van der Waals surface area contributed by atoms with Gasteiger partial charge in [-0.05, 0) is 26.3 Å². The Balaban J connectivity index is 0.000000980. The van der Waals surface area contributed by atoms with Crippen LogP contribution in [-0.2, 0) is 12.8 Å². The molecule has 2 rings (SSSR count). The monoisotopic (exact) mass is 239 g/mol. The van der Waals surface area contributed by atoms with E-state index in [1.54, 1.807) is 0 Å². The summed E-state index contributed by atoms with van der Waals surface area (Å²) in [5.74, 6) is 0. The normalized spacial score (nSPS) is 20.1. The highest BCUT2D eigenvalue weighted by atomic mass is 35.5. The van der Waals surface area contributed by atoms with Gasteiger partial charge in [0.2, 0.25) is 0 Å². The van der Waals surface area contributed by atoms with Crippen molar-refractivity contribution in [2.75, 3.05) is 7.05 Å². The maximum atomic E-state index is 13.2. The molecule has 0 aromatic carbocycles. The van der Waals surface area contributed by atoms with Crippen LogP contribution in [0.25, 0.3) is 0 Å². The number of hydrogen-bond acceptors (Lipinski definition) is 2. The first-order valence-electron chi connectivity index (χ1n) is 4.35. The molecule has 80 valence electrons. The molecule has 0 radical (unpaired) electrons. The minimum absolute atomic E-state index is 0. The molecule has 0 spiro atoms. The molecule has 0 aliphatic heterocycles. The minimum Gasteiger partial charge on any atom is -0.317 e. The van der Waals surface area contributed by atoms with E-state index in [-0.39, 0.29) is 22.7 Å². The topological polar surface area (TPSA) is 12.0 Å². The van der Waals surface area contributed by atoms with Gasteiger partial charge in [-0.15, -0.1) is 12.4 Å². The van der Waals surface area contributed by atoms with E-state index in [1.165, 1.54) is 0 Å². The van der Waals surface area contributed by atoms with E-state index in [0.29, 0.717) is 41.3 Å². The van der Waals surface area contributed by atoms with Crippen molar-refractivity contribution in [1.29, 1.82) is 0 Å². The molecule has 14 heavy (non-hydrogen) atoms. The summed E-state index contributed by atoms with van der Waals surface area (Å²) in [5, 5.41) is 2.43. The van der Waals surface area contributed by atoms with Crippen LogP contribution in [-0.4, -0.2) is 13.1 Å². The summed E-state index contributed by atoms with van der Waals surface area (Å²) in [6, 6.07) is 0.302. The summed E-state index contributed by atoms with van der Waals surface area (Å²) in [6.45, 7) is 0. The van der Waals surface area contributed by atoms with Crippen LogP contribution >= 0.6 is 23.7 Å². The fourth-order valence-corrected chi connectivity index (χ4v) is 2.64. The smallest absolute Gasteiger partial charge is 0.182 e. The van der Waals surface area contributed by atoms with Gasteiger partial charge < -0.3 is 5.32 Å². The van der Waals surface area contributed by atoms with Gasteiger partial charge in [-0.3, -0.25) is 0 Å². The van der Waals surface area contributed by atoms with E-state index < -0.39 is 0 Å². The Bertz CT molecular complexity index is 327. The Morgan fingerprint density at radius 2 is 1.93 bits per heavy atom. The molecule has 1 aliphatic rings. The molecule has 1 aliphatic carbocycles. The van der Waals surface area contributed by atoms with Crippen molar-refractivity contribution in [2.45, 2.75) is 25.3 Å². The van der Waals surface area contributed by atoms with E-state index in [9.17, 15) is 8.78 Å². The second kappa shape index (κ2) is 4.55. The summed E-state index contributed by atoms with van der Waals surface area (Å²) in [6.07, 6.45) is 2.18. The van der Waals surface area contributed by atoms with E-state index in [1.807, 2.05) is 7.05 Å². The number of likely N-dealkylation sites (N-methyl/N-ethyl adjacent to an activating group) is 1. The molecule has 0 amide bonds. The van der Waals surface area contributed by atoms with Gasteiger partial charge in [0.25, 0.3) is 0 Å². The molecule has 0 fully saturated rings. The first-order valence-corrected chi connectivity index (χ1v) is 5.16. The standard InChI is InChI=1S/C9H11F2NS.ClH/c1-12-5-2-3-6-7(4-5)9(11)13-8(6)10;/h5,12H,2-4H2,1H3;1H. The predicted octanol–water partition coefficient (Wildman–Crippen LogP) is 2.52. The highest BCUT2D eigenvalue weighted by Crippen LogP contribution is 2.31. The van der Waals surface area contributed by atoms with Crippen LogP contribution in [0.4, 0.5) is 8.78 Å². The molecule has 1 atom stereocenters. The van der Waals surface area contributed by atoms with Crippen molar-refractivity contribution in [3.63, 3.8) is 0 Å². The molecular formula is C9H12ClF2NS. The number of hydrogen-bond donors (Lipinski definition) is 1. The van der Waals surface area contributed by atoms with Gasteiger partial charge in [0.1, 0.15) is 0 Å². The number of thiophene rings is 1. The van der Waals surface area contributed by atoms with Gasteiger partial charge in [0.05, 0.1) is 0 Å². The summed E-state index contributed by atoms with van der Waals surface area (Å²) in [4.78, 5) is 0. The van der Waals surface area contributed by atoms with Crippen LogP contribution in [0.1, 0.15) is 17.5 Å². The van der Waals surface area contributed by atoms with Crippen LogP contribution in [0, 0.1) is 10.3 Å². The molecule has 1 aromatic heterocycles.